The molecule has 2 heterocycles. The van der Waals surface area contributed by atoms with E-state index >= 15 is 0 Å². The Labute approximate surface area is 134 Å². The monoisotopic (exact) mass is 332 g/mol. The Morgan fingerprint density at radius 2 is 2.00 bits per heavy atom. The first-order chi connectivity index (χ1) is 10.9. The Hall–Kier alpha value is -2.61. The fraction of sp³-hybridized carbons (Fsp3) is 0.200. The number of benzene rings is 1. The van der Waals surface area contributed by atoms with Crippen LogP contribution in [-0.2, 0) is 17.1 Å². The number of aryl methyl sites for hydroxylation is 2. The van der Waals surface area contributed by atoms with Crippen molar-refractivity contribution >= 4 is 26.7 Å². The third kappa shape index (κ3) is 2.72. The molecule has 3 aromatic rings. The maximum Gasteiger partial charge on any atom is 0.265 e. The van der Waals surface area contributed by atoms with E-state index < -0.39 is 10.0 Å². The van der Waals surface area contributed by atoms with Gasteiger partial charge in [-0.05, 0) is 25.1 Å². The second-order valence-corrected chi connectivity index (χ2v) is 6.71. The summed E-state index contributed by atoms with van der Waals surface area (Å²) in [6.07, 6.45) is 1.47. The number of fused-ring (bicyclic) bond motifs is 1. The minimum atomic E-state index is -3.77. The number of rotatable bonds is 4. The summed E-state index contributed by atoms with van der Waals surface area (Å²) < 4.78 is 34.4. The van der Waals surface area contributed by atoms with Crippen molar-refractivity contribution < 1.29 is 13.2 Å². The van der Waals surface area contributed by atoms with E-state index in [2.05, 4.69) is 14.8 Å². The van der Waals surface area contributed by atoms with Gasteiger partial charge in [-0.25, -0.2) is 13.4 Å². The highest BCUT2D eigenvalue weighted by Gasteiger charge is 2.19. The Bertz CT molecular complexity index is 980. The number of hydrogen-bond acceptors (Lipinski definition) is 5. The first-order valence-electron chi connectivity index (χ1n) is 6.87. The summed E-state index contributed by atoms with van der Waals surface area (Å²) in [5, 5.41) is 5.07. The van der Waals surface area contributed by atoms with Crippen LogP contribution in [0.25, 0.3) is 11.0 Å². The van der Waals surface area contributed by atoms with Crippen LogP contribution in [0.5, 0.6) is 5.75 Å². The van der Waals surface area contributed by atoms with E-state index in [1.54, 1.807) is 36.0 Å². The smallest absolute Gasteiger partial charge is 0.265 e. The second-order valence-electron chi connectivity index (χ2n) is 5.06. The lowest BCUT2D eigenvalue weighted by atomic mass is 10.3. The molecule has 3 rings (SSSR count). The van der Waals surface area contributed by atoms with E-state index in [4.69, 9.17) is 4.74 Å². The van der Waals surface area contributed by atoms with Gasteiger partial charge in [0.05, 0.1) is 24.7 Å². The Morgan fingerprint density at radius 3 is 2.74 bits per heavy atom. The van der Waals surface area contributed by atoms with Crippen LogP contribution in [0.1, 0.15) is 5.69 Å². The van der Waals surface area contributed by atoms with Crippen molar-refractivity contribution in [3.63, 3.8) is 0 Å². The zero-order valence-corrected chi connectivity index (χ0v) is 13.8. The number of sulfonamides is 1. The Balaban J connectivity index is 2.02. The molecule has 0 aliphatic rings. The molecule has 0 unspecified atom stereocenters. The number of nitrogens with zero attached hydrogens (tertiary/aromatic N) is 3. The lowest BCUT2D eigenvalue weighted by Gasteiger charge is -2.11. The van der Waals surface area contributed by atoms with E-state index in [0.717, 1.165) is 11.1 Å². The minimum Gasteiger partial charge on any atom is -0.495 e. The summed E-state index contributed by atoms with van der Waals surface area (Å²) in [4.78, 5) is 4.34. The maximum absolute atomic E-state index is 12.6. The molecule has 0 aliphatic heterocycles. The molecule has 0 saturated heterocycles. The highest BCUT2D eigenvalue weighted by Crippen LogP contribution is 2.26. The van der Waals surface area contributed by atoms with Gasteiger partial charge < -0.3 is 4.74 Å². The van der Waals surface area contributed by atoms with Gasteiger partial charge in [-0.15, -0.1) is 0 Å². The Morgan fingerprint density at radius 1 is 1.26 bits per heavy atom. The number of hydrogen-bond donors (Lipinski definition) is 1. The van der Waals surface area contributed by atoms with Crippen molar-refractivity contribution in [2.24, 2.45) is 7.05 Å². The average molecular weight is 332 g/mol. The van der Waals surface area contributed by atoms with Crippen LogP contribution in [-0.4, -0.2) is 30.3 Å². The first-order valence-corrected chi connectivity index (χ1v) is 8.36. The van der Waals surface area contributed by atoms with Gasteiger partial charge in [0.15, 0.2) is 5.65 Å². The first kappa shape index (κ1) is 15.3. The highest BCUT2D eigenvalue weighted by atomic mass is 32.2. The number of anilines is 1. The van der Waals surface area contributed by atoms with Crippen LogP contribution < -0.4 is 9.46 Å². The van der Waals surface area contributed by atoms with Gasteiger partial charge in [0.25, 0.3) is 10.0 Å². The van der Waals surface area contributed by atoms with Gasteiger partial charge in [0.2, 0.25) is 0 Å². The number of para-hydroxylation sites is 1. The van der Waals surface area contributed by atoms with Gasteiger partial charge >= 0.3 is 0 Å². The van der Waals surface area contributed by atoms with Gasteiger partial charge in [-0.1, -0.05) is 12.1 Å². The van der Waals surface area contributed by atoms with E-state index in [-0.39, 0.29) is 10.6 Å². The lowest BCUT2D eigenvalue weighted by molar-refractivity contribution is 0.403. The van der Waals surface area contributed by atoms with E-state index in [9.17, 15) is 8.42 Å². The van der Waals surface area contributed by atoms with E-state index in [1.807, 2.05) is 6.92 Å². The second kappa shape index (κ2) is 5.54. The molecule has 0 fully saturated rings. The Kier molecular flexibility index (Phi) is 3.69. The van der Waals surface area contributed by atoms with Crippen molar-refractivity contribution in [1.29, 1.82) is 0 Å². The van der Waals surface area contributed by atoms with Crippen LogP contribution in [0.2, 0.25) is 0 Å². The number of pyridine rings is 1. The molecular weight excluding hydrogens is 316 g/mol. The number of nitrogens with one attached hydrogen (secondary N) is 1. The zero-order chi connectivity index (χ0) is 16.6. The summed E-state index contributed by atoms with van der Waals surface area (Å²) in [7, 11) is -0.549. The lowest BCUT2D eigenvalue weighted by Crippen LogP contribution is -2.14. The largest absolute Gasteiger partial charge is 0.495 e. The quantitative estimate of drug-likeness (QED) is 0.790. The molecule has 0 saturated carbocycles. The van der Waals surface area contributed by atoms with Crippen molar-refractivity contribution in [3.8, 4) is 5.75 Å². The number of methoxy groups -OCH3 is 1. The molecule has 0 radical (unpaired) electrons. The summed E-state index contributed by atoms with van der Waals surface area (Å²) in [5.41, 5.74) is 1.86. The summed E-state index contributed by atoms with van der Waals surface area (Å²) in [6, 6.07) is 8.16. The predicted octanol–water partition coefficient (Wildman–Crippen LogP) is 2.09. The van der Waals surface area contributed by atoms with Crippen molar-refractivity contribution in [1.82, 2.24) is 14.8 Å². The van der Waals surface area contributed by atoms with Gasteiger partial charge in [-0.2, -0.15) is 5.10 Å². The maximum atomic E-state index is 12.6. The van der Waals surface area contributed by atoms with Gasteiger partial charge in [0.1, 0.15) is 10.6 Å². The van der Waals surface area contributed by atoms with Crippen LogP contribution in [0.4, 0.5) is 5.69 Å². The standard InChI is InChI=1S/C15H16N4O3S/c1-10-12-8-11(9-16-15(12)19(2)17-10)18-23(20,21)14-7-5-4-6-13(14)22-3/h4-9,18H,1-3H3. The molecule has 23 heavy (non-hydrogen) atoms. The third-order valence-corrected chi connectivity index (χ3v) is 4.89. The minimum absolute atomic E-state index is 0.0745. The SMILES string of the molecule is COc1ccccc1S(=O)(=O)Nc1cnc2c(c1)c(C)nn2C. The predicted molar refractivity (Wildman–Crippen MR) is 87.0 cm³/mol. The molecule has 1 aromatic carbocycles. The summed E-state index contributed by atoms with van der Waals surface area (Å²) >= 11 is 0. The molecule has 0 spiro atoms. The van der Waals surface area contributed by atoms with Crippen LogP contribution in [0.15, 0.2) is 41.4 Å². The zero-order valence-electron chi connectivity index (χ0n) is 12.9. The molecule has 1 N–H and O–H groups in total. The summed E-state index contributed by atoms with van der Waals surface area (Å²) in [6.45, 7) is 1.85. The van der Waals surface area contributed by atoms with Crippen molar-refractivity contribution in [2.45, 2.75) is 11.8 Å². The molecular formula is C15H16N4O3S. The fourth-order valence-electron chi connectivity index (χ4n) is 2.41. The molecule has 2 aromatic heterocycles. The van der Waals surface area contributed by atoms with Crippen LogP contribution in [0, 0.1) is 6.92 Å². The van der Waals surface area contributed by atoms with Gasteiger partial charge in [-0.3, -0.25) is 9.40 Å². The molecule has 8 heteroatoms. The third-order valence-electron chi connectivity index (χ3n) is 3.47. The number of ether oxygens (including phenoxy) is 1. The van der Waals surface area contributed by atoms with Crippen LogP contribution >= 0.6 is 0 Å². The molecule has 0 aliphatic carbocycles. The van der Waals surface area contributed by atoms with Crippen molar-refractivity contribution in [3.05, 3.63) is 42.2 Å². The topological polar surface area (TPSA) is 86.1 Å². The van der Waals surface area contributed by atoms with Gasteiger partial charge in [0, 0.05) is 12.4 Å². The molecule has 0 atom stereocenters. The highest BCUT2D eigenvalue weighted by molar-refractivity contribution is 7.92. The molecule has 120 valence electrons. The number of aromatic nitrogens is 3. The fourth-order valence-corrected chi connectivity index (χ4v) is 3.62. The van der Waals surface area contributed by atoms with E-state index in [1.165, 1.54) is 19.4 Å². The van der Waals surface area contributed by atoms with Crippen molar-refractivity contribution in [2.75, 3.05) is 11.8 Å². The molecule has 7 nitrogen and oxygen atoms in total. The summed E-state index contributed by atoms with van der Waals surface area (Å²) in [5.74, 6) is 0.284. The average Bonchev–Trinajstić information content (AvgIpc) is 2.81. The molecule has 0 amide bonds. The van der Waals surface area contributed by atoms with E-state index in [0.29, 0.717) is 11.3 Å². The normalized spacial score (nSPS) is 11.6. The van der Waals surface area contributed by atoms with Crippen LogP contribution in [0.3, 0.4) is 0 Å². The molecule has 0 bridgehead atoms.